The molecule has 1 aliphatic carbocycles. The molecule has 110 valence electrons. The molecule has 1 saturated carbocycles. The third-order valence-electron chi connectivity index (χ3n) is 3.99. The Bertz CT molecular complexity index is 622. The van der Waals surface area contributed by atoms with E-state index in [9.17, 15) is 13.2 Å². The number of ketones is 1. The molecule has 0 unspecified atom stereocenters. The van der Waals surface area contributed by atoms with Gasteiger partial charge in [0.15, 0.2) is 15.6 Å². The molecule has 0 aromatic heterocycles. The topological polar surface area (TPSA) is 63.2 Å². The van der Waals surface area contributed by atoms with E-state index in [-0.39, 0.29) is 16.7 Å². The highest BCUT2D eigenvalue weighted by atomic mass is 32.2. The Labute approximate surface area is 120 Å². The van der Waals surface area contributed by atoms with Crippen LogP contribution < -0.4 is 5.32 Å². The monoisotopic (exact) mass is 295 g/mol. The van der Waals surface area contributed by atoms with Crippen molar-refractivity contribution in [2.75, 3.05) is 11.6 Å². The quantitative estimate of drug-likeness (QED) is 0.868. The molecule has 1 aromatic carbocycles. The van der Waals surface area contributed by atoms with Gasteiger partial charge in [-0.05, 0) is 43.9 Å². The molecule has 2 atom stereocenters. The molecule has 1 fully saturated rings. The Morgan fingerprint density at radius 2 is 2.00 bits per heavy atom. The van der Waals surface area contributed by atoms with Crippen LogP contribution >= 0.6 is 0 Å². The summed E-state index contributed by atoms with van der Waals surface area (Å²) >= 11 is 0. The zero-order valence-electron chi connectivity index (χ0n) is 12.1. The van der Waals surface area contributed by atoms with Crippen LogP contribution in [0.15, 0.2) is 23.1 Å². The zero-order chi connectivity index (χ0) is 14.9. The second-order valence-corrected chi connectivity index (χ2v) is 7.68. The second-order valence-electron chi connectivity index (χ2n) is 5.70. The molecule has 1 aromatic rings. The molecule has 20 heavy (non-hydrogen) atoms. The molecular weight excluding hydrogens is 274 g/mol. The Kier molecular flexibility index (Phi) is 4.18. The van der Waals surface area contributed by atoms with Crippen molar-refractivity contribution in [2.24, 2.45) is 5.92 Å². The lowest BCUT2D eigenvalue weighted by Gasteiger charge is -2.21. The van der Waals surface area contributed by atoms with E-state index in [4.69, 9.17) is 0 Å². The minimum Gasteiger partial charge on any atom is -0.381 e. The van der Waals surface area contributed by atoms with Gasteiger partial charge in [0.1, 0.15) is 0 Å². The Hall–Kier alpha value is -1.36. The van der Waals surface area contributed by atoms with Crippen LogP contribution in [0.2, 0.25) is 0 Å². The van der Waals surface area contributed by atoms with E-state index >= 15 is 0 Å². The van der Waals surface area contributed by atoms with Gasteiger partial charge in [-0.25, -0.2) is 8.42 Å². The van der Waals surface area contributed by atoms with Gasteiger partial charge in [0.2, 0.25) is 0 Å². The summed E-state index contributed by atoms with van der Waals surface area (Å²) < 4.78 is 23.7. The molecule has 0 amide bonds. The first-order chi connectivity index (χ1) is 9.29. The molecule has 4 nitrogen and oxygen atoms in total. The summed E-state index contributed by atoms with van der Waals surface area (Å²) in [4.78, 5) is 11.7. The normalized spacial score (nSPS) is 22.8. The number of carbonyl (C=O) groups is 1. The van der Waals surface area contributed by atoms with Gasteiger partial charge >= 0.3 is 0 Å². The van der Waals surface area contributed by atoms with Crippen LogP contribution in [0.1, 0.15) is 43.5 Å². The van der Waals surface area contributed by atoms with E-state index < -0.39 is 9.84 Å². The SMILES string of the molecule is CC(=O)c1ccc(S(C)(=O)=O)c(N[C@@H]2CCC[C@H]2C)c1. The van der Waals surface area contributed by atoms with Crippen LogP contribution in [0.4, 0.5) is 5.69 Å². The average Bonchev–Trinajstić information content (AvgIpc) is 2.73. The fraction of sp³-hybridized carbons (Fsp3) is 0.533. The van der Waals surface area contributed by atoms with Crippen molar-refractivity contribution in [2.45, 2.75) is 44.0 Å². The Morgan fingerprint density at radius 3 is 2.50 bits per heavy atom. The highest BCUT2D eigenvalue weighted by Gasteiger charge is 2.25. The first-order valence-electron chi connectivity index (χ1n) is 6.90. The standard InChI is InChI=1S/C15H21NO3S/c1-10-5-4-6-13(10)16-14-9-12(11(2)17)7-8-15(14)20(3,18)19/h7-10,13,16H,4-6H2,1-3H3/t10-,13-/m1/s1. The largest absolute Gasteiger partial charge is 0.381 e. The zero-order valence-corrected chi connectivity index (χ0v) is 13.0. The van der Waals surface area contributed by atoms with Gasteiger partial charge < -0.3 is 5.32 Å². The Balaban J connectivity index is 2.41. The first-order valence-corrected chi connectivity index (χ1v) is 8.80. The van der Waals surface area contributed by atoms with Gasteiger partial charge in [-0.1, -0.05) is 13.3 Å². The molecule has 2 rings (SSSR count). The first kappa shape index (κ1) is 15.0. The van der Waals surface area contributed by atoms with E-state index in [1.165, 1.54) is 19.2 Å². The summed E-state index contributed by atoms with van der Waals surface area (Å²) in [5.41, 5.74) is 1.09. The summed E-state index contributed by atoms with van der Waals surface area (Å²) in [5.74, 6) is 0.455. The highest BCUT2D eigenvalue weighted by molar-refractivity contribution is 7.90. The van der Waals surface area contributed by atoms with Crippen LogP contribution in [-0.2, 0) is 9.84 Å². The summed E-state index contributed by atoms with van der Waals surface area (Å²) in [6, 6.07) is 5.03. The van der Waals surface area contributed by atoms with Gasteiger partial charge in [0.05, 0.1) is 10.6 Å². The number of carbonyl (C=O) groups excluding carboxylic acids is 1. The third kappa shape index (κ3) is 3.20. The van der Waals surface area contributed by atoms with Gasteiger partial charge in [-0.15, -0.1) is 0 Å². The number of rotatable bonds is 4. The number of anilines is 1. The highest BCUT2D eigenvalue weighted by Crippen LogP contribution is 2.31. The Morgan fingerprint density at radius 1 is 1.30 bits per heavy atom. The van der Waals surface area contributed by atoms with Crippen molar-refractivity contribution in [1.82, 2.24) is 0 Å². The summed E-state index contributed by atoms with van der Waals surface area (Å²) in [7, 11) is -3.31. The number of hydrogen-bond acceptors (Lipinski definition) is 4. The summed E-state index contributed by atoms with van der Waals surface area (Å²) in [6.07, 6.45) is 4.53. The van der Waals surface area contributed by atoms with E-state index in [2.05, 4.69) is 12.2 Å². The number of benzene rings is 1. The molecule has 0 bridgehead atoms. The summed E-state index contributed by atoms with van der Waals surface area (Å²) in [6.45, 7) is 3.65. The van der Waals surface area contributed by atoms with Crippen molar-refractivity contribution in [3.63, 3.8) is 0 Å². The average molecular weight is 295 g/mol. The maximum atomic E-state index is 11.9. The van der Waals surface area contributed by atoms with E-state index in [0.717, 1.165) is 19.3 Å². The molecule has 0 saturated heterocycles. The fourth-order valence-corrected chi connectivity index (χ4v) is 3.58. The molecule has 0 aliphatic heterocycles. The minimum absolute atomic E-state index is 0.0624. The van der Waals surface area contributed by atoms with Crippen molar-refractivity contribution in [1.29, 1.82) is 0 Å². The predicted octanol–water partition coefficient (Wildman–Crippen LogP) is 2.89. The molecule has 1 aliphatic rings. The third-order valence-corrected chi connectivity index (χ3v) is 5.14. The van der Waals surface area contributed by atoms with E-state index in [0.29, 0.717) is 17.2 Å². The number of nitrogens with one attached hydrogen (secondary N) is 1. The fourth-order valence-electron chi connectivity index (χ4n) is 2.74. The van der Waals surface area contributed by atoms with Crippen molar-refractivity contribution < 1.29 is 13.2 Å². The molecular formula is C15H21NO3S. The molecule has 5 heteroatoms. The number of hydrogen-bond donors (Lipinski definition) is 1. The molecule has 0 radical (unpaired) electrons. The molecule has 0 heterocycles. The van der Waals surface area contributed by atoms with Crippen LogP contribution in [-0.4, -0.2) is 26.5 Å². The minimum atomic E-state index is -3.31. The lowest BCUT2D eigenvalue weighted by molar-refractivity contribution is 0.101. The predicted molar refractivity (Wildman–Crippen MR) is 80.0 cm³/mol. The lowest BCUT2D eigenvalue weighted by Crippen LogP contribution is -2.23. The van der Waals surface area contributed by atoms with Crippen LogP contribution in [0.5, 0.6) is 0 Å². The maximum Gasteiger partial charge on any atom is 0.177 e. The van der Waals surface area contributed by atoms with Crippen molar-refractivity contribution >= 4 is 21.3 Å². The smallest absolute Gasteiger partial charge is 0.177 e. The van der Waals surface area contributed by atoms with Gasteiger partial charge in [0.25, 0.3) is 0 Å². The van der Waals surface area contributed by atoms with Gasteiger partial charge in [-0.2, -0.15) is 0 Å². The van der Waals surface area contributed by atoms with Crippen LogP contribution in [0.25, 0.3) is 0 Å². The van der Waals surface area contributed by atoms with E-state index in [1.807, 2.05) is 0 Å². The van der Waals surface area contributed by atoms with Crippen molar-refractivity contribution in [3.05, 3.63) is 23.8 Å². The van der Waals surface area contributed by atoms with E-state index in [1.54, 1.807) is 12.1 Å². The lowest BCUT2D eigenvalue weighted by atomic mass is 10.1. The summed E-state index contributed by atoms with van der Waals surface area (Å²) in [5, 5.41) is 3.33. The second kappa shape index (κ2) is 5.56. The van der Waals surface area contributed by atoms with Gasteiger partial charge in [-0.3, -0.25) is 4.79 Å². The molecule has 1 N–H and O–H groups in total. The van der Waals surface area contributed by atoms with Crippen LogP contribution in [0.3, 0.4) is 0 Å². The van der Waals surface area contributed by atoms with Crippen LogP contribution in [0, 0.1) is 5.92 Å². The molecule has 0 spiro atoms. The van der Waals surface area contributed by atoms with Crippen molar-refractivity contribution in [3.8, 4) is 0 Å². The maximum absolute atomic E-state index is 11.9. The van der Waals surface area contributed by atoms with Gasteiger partial charge in [0, 0.05) is 17.9 Å². The number of Topliss-reactive ketones (excluding diaryl/α,β-unsaturated/α-hetero) is 1. The number of sulfone groups is 1.